The summed E-state index contributed by atoms with van der Waals surface area (Å²) >= 11 is 0. The van der Waals surface area contributed by atoms with Crippen LogP contribution in [0.2, 0.25) is 0 Å². The molecule has 0 aromatic rings. The van der Waals surface area contributed by atoms with E-state index in [-0.39, 0.29) is 18.4 Å². The van der Waals surface area contributed by atoms with Gasteiger partial charge in [-0.3, -0.25) is 0 Å². The molecule has 1 heterocycles. The molecule has 1 N–H and O–H groups in total. The number of nitrogens with zero attached hydrogens (tertiary/aromatic N) is 1. The van der Waals surface area contributed by atoms with Crippen LogP contribution in [0.1, 0.15) is 26.2 Å². The van der Waals surface area contributed by atoms with Gasteiger partial charge in [0.2, 0.25) is 10.0 Å². The molecule has 1 atom stereocenters. The van der Waals surface area contributed by atoms with Crippen molar-refractivity contribution in [1.82, 2.24) is 4.31 Å². The second-order valence-corrected chi connectivity index (χ2v) is 5.54. The minimum atomic E-state index is -3.02. The number of rotatable bonds is 3. The van der Waals surface area contributed by atoms with Crippen molar-refractivity contribution in [2.24, 2.45) is 0 Å². The second-order valence-electron chi connectivity index (χ2n) is 3.50. The zero-order valence-electron chi connectivity index (χ0n) is 7.94. The van der Waals surface area contributed by atoms with Gasteiger partial charge in [-0.1, -0.05) is 0 Å². The predicted molar refractivity (Wildman–Crippen MR) is 50.9 cm³/mol. The van der Waals surface area contributed by atoms with Crippen LogP contribution >= 0.6 is 0 Å². The van der Waals surface area contributed by atoms with Crippen LogP contribution in [0.25, 0.3) is 0 Å². The highest BCUT2D eigenvalue weighted by Crippen LogP contribution is 2.18. The molecular formula is C8H17NO3S. The van der Waals surface area contributed by atoms with E-state index in [9.17, 15) is 8.42 Å². The van der Waals surface area contributed by atoms with Crippen LogP contribution in [0.4, 0.5) is 0 Å². The standard InChI is InChI=1S/C8H17NO3S/c1-8(4-6-10)9-5-2-3-7-13(9,11)12/h8,10H,2-7H2,1H3. The average Bonchev–Trinajstić information content (AvgIpc) is 2.03. The van der Waals surface area contributed by atoms with Gasteiger partial charge in [0, 0.05) is 19.2 Å². The molecule has 78 valence electrons. The summed E-state index contributed by atoms with van der Waals surface area (Å²) in [5.74, 6) is 0.267. The molecule has 0 saturated carbocycles. The number of hydrogen-bond acceptors (Lipinski definition) is 3. The molecule has 1 fully saturated rings. The monoisotopic (exact) mass is 207 g/mol. The van der Waals surface area contributed by atoms with E-state index in [4.69, 9.17) is 5.11 Å². The van der Waals surface area contributed by atoms with E-state index in [1.54, 1.807) is 0 Å². The van der Waals surface area contributed by atoms with Gasteiger partial charge in [-0.25, -0.2) is 8.42 Å². The summed E-state index contributed by atoms with van der Waals surface area (Å²) in [4.78, 5) is 0. The van der Waals surface area contributed by atoms with E-state index in [1.807, 2.05) is 6.92 Å². The number of aliphatic hydroxyl groups is 1. The first-order valence-electron chi connectivity index (χ1n) is 4.68. The average molecular weight is 207 g/mol. The van der Waals surface area contributed by atoms with Gasteiger partial charge in [-0.05, 0) is 26.2 Å². The lowest BCUT2D eigenvalue weighted by Gasteiger charge is -2.31. The lowest BCUT2D eigenvalue weighted by atomic mass is 10.2. The number of sulfonamides is 1. The first-order chi connectivity index (χ1) is 6.08. The Labute approximate surface area is 79.6 Å². The lowest BCUT2D eigenvalue weighted by molar-refractivity contribution is 0.228. The van der Waals surface area contributed by atoms with Crippen molar-refractivity contribution in [2.45, 2.75) is 32.2 Å². The molecule has 0 spiro atoms. The van der Waals surface area contributed by atoms with Crippen LogP contribution < -0.4 is 0 Å². The molecule has 5 heteroatoms. The Bertz CT molecular complexity index is 250. The summed E-state index contributed by atoms with van der Waals surface area (Å²) in [5, 5.41) is 8.72. The fourth-order valence-electron chi connectivity index (χ4n) is 1.63. The van der Waals surface area contributed by atoms with Crippen LogP contribution in [0.3, 0.4) is 0 Å². The lowest BCUT2D eigenvalue weighted by Crippen LogP contribution is -2.43. The first-order valence-corrected chi connectivity index (χ1v) is 6.29. The van der Waals surface area contributed by atoms with Crippen molar-refractivity contribution in [1.29, 1.82) is 0 Å². The molecule has 0 aromatic heterocycles. The minimum absolute atomic E-state index is 0.0488. The molecule has 0 amide bonds. The molecule has 1 saturated heterocycles. The summed E-state index contributed by atoms with van der Waals surface area (Å²) in [5.41, 5.74) is 0. The Morgan fingerprint density at radius 2 is 2.15 bits per heavy atom. The zero-order chi connectivity index (χ0) is 9.90. The Morgan fingerprint density at radius 3 is 2.69 bits per heavy atom. The maximum Gasteiger partial charge on any atom is 0.214 e. The molecule has 4 nitrogen and oxygen atoms in total. The SMILES string of the molecule is CC(CCO)N1CCCCS1(=O)=O. The largest absolute Gasteiger partial charge is 0.396 e. The Balaban J connectivity index is 2.65. The van der Waals surface area contributed by atoms with E-state index >= 15 is 0 Å². The third-order valence-electron chi connectivity index (χ3n) is 2.43. The topological polar surface area (TPSA) is 57.6 Å². The molecule has 0 radical (unpaired) electrons. The number of aliphatic hydroxyl groups excluding tert-OH is 1. The van der Waals surface area contributed by atoms with Gasteiger partial charge in [-0.15, -0.1) is 0 Å². The maximum absolute atomic E-state index is 11.5. The smallest absolute Gasteiger partial charge is 0.214 e. The molecular weight excluding hydrogens is 190 g/mol. The van der Waals surface area contributed by atoms with Gasteiger partial charge in [0.05, 0.1) is 5.75 Å². The van der Waals surface area contributed by atoms with Crippen LogP contribution in [0, 0.1) is 0 Å². The van der Waals surface area contributed by atoms with E-state index in [0.717, 1.165) is 12.8 Å². The third kappa shape index (κ3) is 2.65. The van der Waals surface area contributed by atoms with Crippen molar-refractivity contribution in [2.75, 3.05) is 18.9 Å². The van der Waals surface area contributed by atoms with Crippen LogP contribution in [-0.4, -0.2) is 42.8 Å². The summed E-state index contributed by atoms with van der Waals surface area (Å²) < 4.78 is 24.6. The Morgan fingerprint density at radius 1 is 1.46 bits per heavy atom. The molecule has 0 bridgehead atoms. The van der Waals surface area contributed by atoms with Gasteiger partial charge in [0.1, 0.15) is 0 Å². The first kappa shape index (κ1) is 10.9. The molecule has 0 aliphatic carbocycles. The highest BCUT2D eigenvalue weighted by Gasteiger charge is 2.29. The minimum Gasteiger partial charge on any atom is -0.396 e. The highest BCUT2D eigenvalue weighted by atomic mass is 32.2. The molecule has 1 aliphatic heterocycles. The summed E-state index contributed by atoms with van der Waals surface area (Å²) in [7, 11) is -3.02. The molecule has 0 aromatic carbocycles. The fourth-order valence-corrected chi connectivity index (χ4v) is 3.50. The summed E-state index contributed by atoms with van der Waals surface area (Å²) in [6.45, 7) is 2.51. The van der Waals surface area contributed by atoms with Gasteiger partial charge in [0.25, 0.3) is 0 Å². The van der Waals surface area contributed by atoms with Gasteiger partial charge in [-0.2, -0.15) is 4.31 Å². The Kier molecular flexibility index (Phi) is 3.70. The molecule has 1 aliphatic rings. The summed E-state index contributed by atoms with van der Waals surface area (Å²) in [6.07, 6.45) is 2.24. The fraction of sp³-hybridized carbons (Fsp3) is 1.00. The van der Waals surface area contributed by atoms with Gasteiger partial charge < -0.3 is 5.11 Å². The van der Waals surface area contributed by atoms with E-state index in [1.165, 1.54) is 4.31 Å². The van der Waals surface area contributed by atoms with Crippen molar-refractivity contribution >= 4 is 10.0 Å². The normalized spacial score (nSPS) is 25.7. The van der Waals surface area contributed by atoms with Crippen LogP contribution in [-0.2, 0) is 10.0 Å². The van der Waals surface area contributed by atoms with Crippen LogP contribution in [0.5, 0.6) is 0 Å². The maximum atomic E-state index is 11.5. The molecule has 1 unspecified atom stereocenters. The highest BCUT2D eigenvalue weighted by molar-refractivity contribution is 7.89. The van der Waals surface area contributed by atoms with Crippen molar-refractivity contribution < 1.29 is 13.5 Å². The predicted octanol–water partition coefficient (Wildman–Crippen LogP) is 0.183. The van der Waals surface area contributed by atoms with E-state index in [2.05, 4.69) is 0 Å². The zero-order valence-corrected chi connectivity index (χ0v) is 8.76. The van der Waals surface area contributed by atoms with Crippen molar-refractivity contribution in [3.63, 3.8) is 0 Å². The van der Waals surface area contributed by atoms with Gasteiger partial charge >= 0.3 is 0 Å². The second kappa shape index (κ2) is 4.39. The van der Waals surface area contributed by atoms with E-state index in [0.29, 0.717) is 13.0 Å². The third-order valence-corrected chi connectivity index (χ3v) is 4.49. The van der Waals surface area contributed by atoms with Crippen molar-refractivity contribution in [3.8, 4) is 0 Å². The summed E-state index contributed by atoms with van der Waals surface area (Å²) in [6, 6.07) is -0.0599. The quantitative estimate of drug-likeness (QED) is 0.718. The van der Waals surface area contributed by atoms with Gasteiger partial charge in [0.15, 0.2) is 0 Å². The number of hydrogen-bond donors (Lipinski definition) is 1. The van der Waals surface area contributed by atoms with Crippen LogP contribution in [0.15, 0.2) is 0 Å². The van der Waals surface area contributed by atoms with E-state index < -0.39 is 10.0 Å². The van der Waals surface area contributed by atoms with Crippen molar-refractivity contribution in [3.05, 3.63) is 0 Å². The molecule has 1 rings (SSSR count). The molecule has 13 heavy (non-hydrogen) atoms. The Hall–Kier alpha value is -0.130.